The Balaban J connectivity index is 1.50. The lowest BCUT2D eigenvalue weighted by Gasteiger charge is -2.26. The van der Waals surface area contributed by atoms with Crippen LogP contribution < -0.4 is 0 Å². The summed E-state index contributed by atoms with van der Waals surface area (Å²) in [7, 11) is 0. The van der Waals surface area contributed by atoms with Gasteiger partial charge in [-0.1, -0.05) is 57.9 Å². The van der Waals surface area contributed by atoms with Gasteiger partial charge in [-0.25, -0.2) is 4.79 Å². The first-order chi connectivity index (χ1) is 12.6. The lowest BCUT2D eigenvalue weighted by atomic mass is 10.1. The van der Waals surface area contributed by atoms with Crippen molar-refractivity contribution < 1.29 is 19.0 Å². The van der Waals surface area contributed by atoms with Gasteiger partial charge in [0.2, 0.25) is 0 Å². The number of carbonyl (C=O) groups excluding carboxylic acids is 1. The number of aryl methyl sites for hydroxylation is 1. The van der Waals surface area contributed by atoms with Gasteiger partial charge in [-0.3, -0.25) is 0 Å². The number of hydrogen-bond donors (Lipinski definition) is 0. The van der Waals surface area contributed by atoms with Crippen LogP contribution in [-0.4, -0.2) is 36.4 Å². The van der Waals surface area contributed by atoms with Crippen LogP contribution >= 0.6 is 27.5 Å². The number of halogens is 2. The topological polar surface area (TPSA) is 44.8 Å². The molecule has 0 aliphatic carbocycles. The Morgan fingerprint density at radius 3 is 2.62 bits per heavy atom. The quantitative estimate of drug-likeness (QED) is 0.466. The lowest BCUT2D eigenvalue weighted by molar-refractivity contribution is -0.156. The molecule has 3 rings (SSSR count). The van der Waals surface area contributed by atoms with E-state index in [1.807, 2.05) is 30.3 Å². The fourth-order valence-corrected chi connectivity index (χ4v) is 3.48. The highest BCUT2D eigenvalue weighted by Crippen LogP contribution is 2.31. The molecule has 2 aromatic carbocycles. The average molecular weight is 440 g/mol. The second-order valence-corrected chi connectivity index (χ2v) is 7.18. The van der Waals surface area contributed by atoms with E-state index < -0.39 is 5.79 Å². The van der Waals surface area contributed by atoms with Crippen molar-refractivity contribution in [1.29, 1.82) is 0 Å². The van der Waals surface area contributed by atoms with E-state index in [4.69, 9.17) is 25.8 Å². The molecule has 4 nitrogen and oxygen atoms in total. The van der Waals surface area contributed by atoms with Crippen molar-refractivity contribution in [2.75, 3.05) is 18.5 Å². The molecule has 1 aliphatic rings. The minimum atomic E-state index is -0.705. The molecular formula is C20H20BrClO4. The van der Waals surface area contributed by atoms with Crippen LogP contribution in [0.1, 0.15) is 22.3 Å². The smallest absolute Gasteiger partial charge is 0.338 e. The molecule has 6 heteroatoms. The summed E-state index contributed by atoms with van der Waals surface area (Å²) in [5, 5.41) is 1.27. The van der Waals surface area contributed by atoms with Crippen LogP contribution in [0, 0.1) is 0 Å². The molecule has 2 aromatic rings. The summed E-state index contributed by atoms with van der Waals surface area (Å²) in [5.74, 6) is -1.06. The van der Waals surface area contributed by atoms with Crippen molar-refractivity contribution in [3.8, 4) is 0 Å². The number of carbonyl (C=O) groups is 1. The van der Waals surface area contributed by atoms with E-state index in [-0.39, 0.29) is 18.7 Å². The summed E-state index contributed by atoms with van der Waals surface area (Å²) < 4.78 is 17.3. The zero-order valence-electron chi connectivity index (χ0n) is 14.2. The molecule has 26 heavy (non-hydrogen) atoms. The third kappa shape index (κ3) is 5.07. The maximum atomic E-state index is 12.0. The van der Waals surface area contributed by atoms with E-state index >= 15 is 0 Å². The van der Waals surface area contributed by atoms with Crippen LogP contribution in [0.5, 0.6) is 0 Å². The molecule has 0 aromatic heterocycles. The van der Waals surface area contributed by atoms with Crippen molar-refractivity contribution in [3.63, 3.8) is 0 Å². The van der Waals surface area contributed by atoms with Crippen LogP contribution in [0.2, 0.25) is 5.02 Å². The summed E-state index contributed by atoms with van der Waals surface area (Å²) in [6, 6.07) is 16.7. The van der Waals surface area contributed by atoms with Gasteiger partial charge >= 0.3 is 5.97 Å². The lowest BCUT2D eigenvalue weighted by Crippen LogP contribution is -2.34. The predicted octanol–water partition coefficient (Wildman–Crippen LogP) is 4.64. The first-order valence-electron chi connectivity index (χ1n) is 8.45. The number of esters is 1. The maximum absolute atomic E-state index is 12.0. The number of ether oxygens (including phenoxy) is 3. The number of rotatable bonds is 7. The Morgan fingerprint density at radius 2 is 1.92 bits per heavy atom. The standard InChI is InChI=1S/C20H20BrClO4/c21-14-20(11-10-15-6-8-17(22)9-7-15)25-13-18(26-20)12-24-19(23)16-4-2-1-3-5-16/h1-9,18H,10-14H2/t18-,20-/m1/s1. The highest BCUT2D eigenvalue weighted by molar-refractivity contribution is 9.09. The fourth-order valence-electron chi connectivity index (χ4n) is 2.78. The summed E-state index contributed by atoms with van der Waals surface area (Å²) in [6.45, 7) is 0.567. The summed E-state index contributed by atoms with van der Waals surface area (Å²) >= 11 is 9.40. The van der Waals surface area contributed by atoms with Crippen LogP contribution in [-0.2, 0) is 20.6 Å². The van der Waals surface area contributed by atoms with Gasteiger partial charge in [0.05, 0.1) is 17.5 Å². The van der Waals surface area contributed by atoms with Crippen molar-refractivity contribution in [3.05, 3.63) is 70.7 Å². The third-order valence-corrected chi connectivity index (χ3v) is 5.34. The molecule has 0 saturated carbocycles. The predicted molar refractivity (Wildman–Crippen MR) is 104 cm³/mol. The van der Waals surface area contributed by atoms with E-state index in [2.05, 4.69) is 15.9 Å². The zero-order valence-corrected chi connectivity index (χ0v) is 16.5. The number of hydrogen-bond acceptors (Lipinski definition) is 4. The molecule has 1 saturated heterocycles. The summed E-state index contributed by atoms with van der Waals surface area (Å²) in [4.78, 5) is 12.0. The Labute approximate surface area is 166 Å². The average Bonchev–Trinajstić information content (AvgIpc) is 3.10. The Bertz CT molecular complexity index is 722. The molecule has 0 unspecified atom stereocenters. The Kier molecular flexibility index (Phi) is 6.70. The Hall–Kier alpha value is -1.40. The zero-order chi connectivity index (χ0) is 18.4. The molecule has 0 spiro atoms. The molecule has 1 heterocycles. The van der Waals surface area contributed by atoms with Crippen molar-refractivity contribution in [2.45, 2.75) is 24.7 Å². The first-order valence-corrected chi connectivity index (χ1v) is 9.94. The van der Waals surface area contributed by atoms with E-state index in [0.29, 0.717) is 23.9 Å². The van der Waals surface area contributed by atoms with Crippen LogP contribution in [0.15, 0.2) is 54.6 Å². The normalized spacial score (nSPS) is 22.3. The van der Waals surface area contributed by atoms with Gasteiger partial charge in [-0.15, -0.1) is 0 Å². The van der Waals surface area contributed by atoms with Gasteiger partial charge in [-0.2, -0.15) is 0 Å². The minimum absolute atomic E-state index is 0.170. The second kappa shape index (κ2) is 9.00. The van der Waals surface area contributed by atoms with Crippen molar-refractivity contribution >= 4 is 33.5 Å². The third-order valence-electron chi connectivity index (χ3n) is 4.23. The van der Waals surface area contributed by atoms with Gasteiger partial charge < -0.3 is 14.2 Å². The van der Waals surface area contributed by atoms with Crippen LogP contribution in [0.4, 0.5) is 0 Å². The van der Waals surface area contributed by atoms with Crippen molar-refractivity contribution in [1.82, 2.24) is 0 Å². The molecule has 1 aliphatic heterocycles. The molecule has 0 N–H and O–H groups in total. The van der Waals surface area contributed by atoms with Crippen molar-refractivity contribution in [2.24, 2.45) is 0 Å². The van der Waals surface area contributed by atoms with E-state index in [1.54, 1.807) is 24.3 Å². The minimum Gasteiger partial charge on any atom is -0.459 e. The van der Waals surface area contributed by atoms with Gasteiger partial charge in [0.15, 0.2) is 5.79 Å². The number of alkyl halides is 1. The number of benzene rings is 2. The maximum Gasteiger partial charge on any atom is 0.338 e. The van der Waals surface area contributed by atoms with E-state index in [1.165, 1.54) is 5.56 Å². The van der Waals surface area contributed by atoms with Gasteiger partial charge in [-0.05, 0) is 36.2 Å². The fraction of sp³-hybridized carbons (Fsp3) is 0.350. The molecular weight excluding hydrogens is 420 g/mol. The van der Waals surface area contributed by atoms with Gasteiger partial charge in [0, 0.05) is 11.4 Å². The SMILES string of the molecule is O=C(OC[C@@H]1CO[C@](CBr)(CCc2ccc(Cl)cc2)O1)c1ccccc1. The van der Waals surface area contributed by atoms with E-state index in [9.17, 15) is 4.79 Å². The Morgan fingerprint density at radius 1 is 1.19 bits per heavy atom. The first kappa shape index (κ1) is 19.4. The monoisotopic (exact) mass is 438 g/mol. The van der Waals surface area contributed by atoms with E-state index in [0.717, 1.165) is 11.4 Å². The summed E-state index contributed by atoms with van der Waals surface area (Å²) in [6.07, 6.45) is 1.23. The molecule has 0 amide bonds. The van der Waals surface area contributed by atoms with Gasteiger partial charge in [0.25, 0.3) is 0 Å². The van der Waals surface area contributed by atoms with Crippen LogP contribution in [0.3, 0.4) is 0 Å². The largest absolute Gasteiger partial charge is 0.459 e. The highest BCUT2D eigenvalue weighted by atomic mass is 79.9. The van der Waals surface area contributed by atoms with Crippen LogP contribution in [0.25, 0.3) is 0 Å². The highest BCUT2D eigenvalue weighted by Gasteiger charge is 2.40. The second-order valence-electron chi connectivity index (χ2n) is 6.19. The molecule has 1 fully saturated rings. The molecule has 138 valence electrons. The molecule has 0 bridgehead atoms. The molecule has 2 atom stereocenters. The molecule has 0 radical (unpaired) electrons. The van der Waals surface area contributed by atoms with Gasteiger partial charge in [0.1, 0.15) is 12.7 Å². The summed E-state index contributed by atoms with van der Waals surface area (Å²) in [5.41, 5.74) is 1.70.